The Labute approximate surface area is 112 Å². The van der Waals surface area contributed by atoms with Gasteiger partial charge in [0.1, 0.15) is 11.1 Å². The van der Waals surface area contributed by atoms with Crippen molar-refractivity contribution in [3.63, 3.8) is 0 Å². The van der Waals surface area contributed by atoms with Crippen LogP contribution in [0.2, 0.25) is 0 Å². The highest BCUT2D eigenvalue weighted by Gasteiger charge is 2.20. The molecule has 92 valence electrons. The van der Waals surface area contributed by atoms with Crippen molar-refractivity contribution in [2.45, 2.75) is 44.1 Å². The van der Waals surface area contributed by atoms with Crippen LogP contribution >= 0.6 is 11.8 Å². The van der Waals surface area contributed by atoms with Gasteiger partial charge in [-0.2, -0.15) is 10.5 Å². The van der Waals surface area contributed by atoms with E-state index in [4.69, 9.17) is 5.26 Å². The summed E-state index contributed by atoms with van der Waals surface area (Å²) < 4.78 is 0. The van der Waals surface area contributed by atoms with Crippen molar-refractivity contribution < 1.29 is 0 Å². The van der Waals surface area contributed by atoms with Crippen molar-refractivity contribution >= 4 is 11.8 Å². The molecule has 0 N–H and O–H groups in total. The third-order valence-corrected chi connectivity index (χ3v) is 4.23. The van der Waals surface area contributed by atoms with Crippen LogP contribution in [0.1, 0.15) is 41.6 Å². The van der Waals surface area contributed by atoms with Gasteiger partial charge in [-0.3, -0.25) is 0 Å². The van der Waals surface area contributed by atoms with E-state index in [1.165, 1.54) is 29.3 Å². The van der Waals surface area contributed by atoms with E-state index in [2.05, 4.69) is 17.1 Å². The van der Waals surface area contributed by atoms with Crippen LogP contribution in [-0.2, 0) is 12.8 Å². The molecule has 2 rings (SSSR count). The van der Waals surface area contributed by atoms with E-state index in [-0.39, 0.29) is 0 Å². The fraction of sp³-hybridized carbons (Fsp3) is 0.500. The van der Waals surface area contributed by atoms with Crippen LogP contribution in [0.4, 0.5) is 0 Å². The molecular weight excluding hydrogens is 242 g/mol. The number of hydrogen-bond acceptors (Lipinski definition) is 4. The van der Waals surface area contributed by atoms with Crippen LogP contribution in [0.3, 0.4) is 0 Å². The van der Waals surface area contributed by atoms with Gasteiger partial charge >= 0.3 is 0 Å². The number of aromatic nitrogens is 1. The lowest BCUT2D eigenvalue weighted by atomic mass is 9.88. The van der Waals surface area contributed by atoms with Gasteiger partial charge in [0.15, 0.2) is 0 Å². The van der Waals surface area contributed by atoms with Gasteiger partial charge in [0, 0.05) is 17.9 Å². The second-order valence-corrected chi connectivity index (χ2v) is 5.49. The molecule has 0 unspecified atom stereocenters. The lowest BCUT2D eigenvalue weighted by Crippen LogP contribution is -2.10. The van der Waals surface area contributed by atoms with Gasteiger partial charge in [-0.15, -0.1) is 11.8 Å². The smallest absolute Gasteiger partial charge is 0.114 e. The Morgan fingerprint density at radius 3 is 2.61 bits per heavy atom. The fourth-order valence-electron chi connectivity index (χ4n) is 2.40. The summed E-state index contributed by atoms with van der Waals surface area (Å²) in [6.45, 7) is 2.03. The zero-order chi connectivity index (χ0) is 13.0. The van der Waals surface area contributed by atoms with Crippen LogP contribution < -0.4 is 0 Å². The Bertz CT molecular complexity index is 537. The lowest BCUT2D eigenvalue weighted by Gasteiger charge is -2.20. The van der Waals surface area contributed by atoms with Crippen LogP contribution in [-0.4, -0.2) is 10.7 Å². The summed E-state index contributed by atoms with van der Waals surface area (Å²) in [5.41, 5.74) is 4.29. The molecule has 0 bridgehead atoms. The maximum Gasteiger partial charge on any atom is 0.114 e. The predicted molar refractivity (Wildman–Crippen MR) is 71.3 cm³/mol. The lowest BCUT2D eigenvalue weighted by molar-refractivity contribution is 0.669. The molecule has 1 aliphatic carbocycles. The van der Waals surface area contributed by atoms with Crippen LogP contribution in [0.15, 0.2) is 5.03 Å². The van der Waals surface area contributed by atoms with Gasteiger partial charge < -0.3 is 0 Å². The van der Waals surface area contributed by atoms with Gasteiger partial charge in [-0.1, -0.05) is 0 Å². The molecule has 0 radical (unpaired) electrons. The second kappa shape index (κ2) is 5.89. The molecule has 1 aromatic heterocycles. The first-order chi connectivity index (χ1) is 8.77. The molecule has 4 heteroatoms. The van der Waals surface area contributed by atoms with Gasteiger partial charge in [-0.05, 0) is 43.7 Å². The van der Waals surface area contributed by atoms with Crippen LogP contribution in [0.5, 0.6) is 0 Å². The summed E-state index contributed by atoms with van der Waals surface area (Å²) in [7, 11) is 0. The first-order valence-electron chi connectivity index (χ1n) is 6.20. The molecule has 0 aliphatic heterocycles. The van der Waals surface area contributed by atoms with E-state index >= 15 is 0 Å². The number of nitriles is 2. The molecule has 3 nitrogen and oxygen atoms in total. The van der Waals surface area contributed by atoms with E-state index < -0.39 is 0 Å². The second-order valence-electron chi connectivity index (χ2n) is 4.41. The third-order valence-electron chi connectivity index (χ3n) is 3.25. The molecule has 0 aromatic carbocycles. The molecule has 0 spiro atoms. The molecule has 1 heterocycles. The van der Waals surface area contributed by atoms with Gasteiger partial charge in [0.25, 0.3) is 0 Å². The first-order valence-corrected chi connectivity index (χ1v) is 7.18. The zero-order valence-electron chi connectivity index (χ0n) is 10.5. The Morgan fingerprint density at radius 1 is 1.22 bits per heavy atom. The summed E-state index contributed by atoms with van der Waals surface area (Å²) in [4.78, 5) is 4.56. The average Bonchev–Trinajstić information content (AvgIpc) is 2.39. The molecule has 0 amide bonds. The van der Waals surface area contributed by atoms with E-state index in [1.54, 1.807) is 0 Å². The number of pyridine rings is 1. The minimum absolute atomic E-state index is 0.493. The van der Waals surface area contributed by atoms with Crippen LogP contribution in [0, 0.1) is 29.6 Å². The quantitative estimate of drug-likeness (QED) is 0.616. The highest BCUT2D eigenvalue weighted by atomic mass is 32.2. The highest BCUT2D eigenvalue weighted by molar-refractivity contribution is 7.99. The first kappa shape index (κ1) is 12.9. The molecule has 0 atom stereocenters. The number of fused-ring (bicyclic) bond motifs is 1. The highest BCUT2D eigenvalue weighted by Crippen LogP contribution is 2.32. The van der Waals surface area contributed by atoms with E-state index in [0.717, 1.165) is 35.5 Å². The third kappa shape index (κ3) is 2.49. The van der Waals surface area contributed by atoms with Gasteiger partial charge in [0.05, 0.1) is 11.6 Å². The van der Waals surface area contributed by atoms with Crippen molar-refractivity contribution in [3.05, 3.63) is 22.4 Å². The molecule has 18 heavy (non-hydrogen) atoms. The number of rotatable bonds is 3. The van der Waals surface area contributed by atoms with Crippen LogP contribution in [0.25, 0.3) is 0 Å². The molecule has 0 fully saturated rings. The van der Waals surface area contributed by atoms with Gasteiger partial charge in [-0.25, -0.2) is 4.98 Å². The monoisotopic (exact) mass is 257 g/mol. The SMILES string of the molecule is Cc1nc(SCCC#N)c(C#N)c2c1CCCC2. The van der Waals surface area contributed by atoms with Crippen molar-refractivity contribution in [2.75, 3.05) is 5.75 Å². The zero-order valence-corrected chi connectivity index (χ0v) is 11.3. The number of thioether (sulfide) groups is 1. The number of nitrogens with zero attached hydrogens (tertiary/aromatic N) is 3. The number of hydrogen-bond donors (Lipinski definition) is 0. The van der Waals surface area contributed by atoms with Crippen molar-refractivity contribution in [1.29, 1.82) is 10.5 Å². The predicted octanol–water partition coefficient (Wildman–Crippen LogP) is 3.15. The minimum Gasteiger partial charge on any atom is -0.245 e. The summed E-state index contributed by atoms with van der Waals surface area (Å²) in [5.74, 6) is 0.705. The Morgan fingerprint density at radius 2 is 1.94 bits per heavy atom. The Balaban J connectivity index is 2.39. The van der Waals surface area contributed by atoms with Gasteiger partial charge in [0.2, 0.25) is 0 Å². The largest absolute Gasteiger partial charge is 0.245 e. The maximum absolute atomic E-state index is 9.35. The van der Waals surface area contributed by atoms with E-state index in [0.29, 0.717) is 12.2 Å². The molecule has 0 saturated heterocycles. The number of aryl methyl sites for hydroxylation is 1. The van der Waals surface area contributed by atoms with Crippen molar-refractivity contribution in [1.82, 2.24) is 4.98 Å². The maximum atomic E-state index is 9.35. The summed E-state index contributed by atoms with van der Waals surface area (Å²) in [5, 5.41) is 18.7. The molecule has 1 aliphatic rings. The summed E-state index contributed by atoms with van der Waals surface area (Å²) in [6.07, 6.45) is 4.89. The molecular formula is C14H15N3S. The Kier molecular flexibility index (Phi) is 4.23. The normalized spacial score (nSPS) is 13.5. The van der Waals surface area contributed by atoms with E-state index in [9.17, 15) is 5.26 Å². The fourth-order valence-corrected chi connectivity index (χ4v) is 3.30. The minimum atomic E-state index is 0.493. The molecule has 0 saturated carbocycles. The van der Waals surface area contributed by atoms with Crippen molar-refractivity contribution in [2.24, 2.45) is 0 Å². The Hall–Kier alpha value is -1.52. The topological polar surface area (TPSA) is 60.5 Å². The van der Waals surface area contributed by atoms with Crippen molar-refractivity contribution in [3.8, 4) is 12.1 Å². The summed E-state index contributed by atoms with van der Waals surface area (Å²) in [6, 6.07) is 4.43. The summed E-state index contributed by atoms with van der Waals surface area (Å²) >= 11 is 1.53. The molecule has 1 aromatic rings. The standard InChI is InChI=1S/C14H15N3S/c1-10-11-5-2-3-6-12(11)13(9-16)14(17-10)18-8-4-7-15/h2-6,8H2,1H3. The van der Waals surface area contributed by atoms with E-state index in [1.807, 2.05) is 6.92 Å². The average molecular weight is 257 g/mol.